The van der Waals surface area contributed by atoms with E-state index in [1.54, 1.807) is 0 Å². The average molecular weight is 323 g/mol. The molecule has 2 rings (SSSR count). The maximum atomic E-state index is 2.57. The summed E-state index contributed by atoms with van der Waals surface area (Å²) < 4.78 is 0. The molecule has 1 heterocycles. The Morgan fingerprint density at radius 1 is 0.783 bits per heavy atom. The molecule has 23 heavy (non-hydrogen) atoms. The zero-order valence-electron chi connectivity index (χ0n) is 16.5. The van der Waals surface area contributed by atoms with Gasteiger partial charge in [0.1, 0.15) is 0 Å². The van der Waals surface area contributed by atoms with Gasteiger partial charge in [0.05, 0.1) is 0 Å². The van der Waals surface area contributed by atoms with Crippen LogP contribution in [0.4, 0.5) is 0 Å². The van der Waals surface area contributed by atoms with Gasteiger partial charge in [-0.05, 0) is 55.8 Å². The van der Waals surface area contributed by atoms with Gasteiger partial charge < -0.3 is 0 Å². The molecule has 1 saturated carbocycles. The Labute approximate surface area is 146 Å². The lowest BCUT2D eigenvalue weighted by molar-refractivity contribution is 0.0136. The van der Waals surface area contributed by atoms with Crippen molar-refractivity contribution in [2.24, 2.45) is 10.8 Å². The van der Waals surface area contributed by atoms with Crippen molar-refractivity contribution in [1.82, 2.24) is 10.0 Å². The quantitative estimate of drug-likeness (QED) is 0.489. The molecule has 0 amide bonds. The number of rotatable bonds is 9. The van der Waals surface area contributed by atoms with Gasteiger partial charge in [-0.1, -0.05) is 52.4 Å². The van der Waals surface area contributed by atoms with Crippen LogP contribution in [0.3, 0.4) is 0 Å². The second-order valence-electron chi connectivity index (χ2n) is 8.90. The highest BCUT2D eigenvalue weighted by molar-refractivity contribution is 4.97. The SMILES string of the molecule is CCCCCC1(CCCCC)CCC2(CCN(N(C)C)C2)CC1. The fourth-order valence-electron chi connectivity index (χ4n) is 5.10. The van der Waals surface area contributed by atoms with Crippen molar-refractivity contribution in [1.29, 1.82) is 0 Å². The van der Waals surface area contributed by atoms with Crippen molar-refractivity contribution in [3.63, 3.8) is 0 Å². The van der Waals surface area contributed by atoms with E-state index in [2.05, 4.69) is 38.0 Å². The molecule has 2 aliphatic rings. The molecule has 0 atom stereocenters. The molecular weight excluding hydrogens is 280 g/mol. The van der Waals surface area contributed by atoms with E-state index in [0.717, 1.165) is 0 Å². The van der Waals surface area contributed by atoms with Gasteiger partial charge in [-0.15, -0.1) is 0 Å². The van der Waals surface area contributed by atoms with E-state index in [1.165, 1.54) is 96.6 Å². The fourth-order valence-corrected chi connectivity index (χ4v) is 5.10. The Balaban J connectivity index is 1.90. The number of hydrogen-bond acceptors (Lipinski definition) is 2. The molecule has 0 aromatic carbocycles. The van der Waals surface area contributed by atoms with Crippen LogP contribution in [0.2, 0.25) is 0 Å². The molecule has 1 saturated heterocycles. The summed E-state index contributed by atoms with van der Waals surface area (Å²) in [5.74, 6) is 0. The molecule has 136 valence electrons. The van der Waals surface area contributed by atoms with Crippen LogP contribution in [0.15, 0.2) is 0 Å². The van der Waals surface area contributed by atoms with Gasteiger partial charge in [0.15, 0.2) is 0 Å². The minimum atomic E-state index is 0.656. The van der Waals surface area contributed by atoms with Crippen molar-refractivity contribution in [3.8, 4) is 0 Å². The standard InChI is InChI=1S/C21H42N2/c1-5-7-9-11-20(12-10-8-6-2)13-15-21(16-14-20)17-18-23(19-21)22(3)4/h5-19H2,1-4H3. The van der Waals surface area contributed by atoms with Crippen LogP contribution in [0.25, 0.3) is 0 Å². The van der Waals surface area contributed by atoms with Crippen LogP contribution in [0, 0.1) is 10.8 Å². The molecule has 0 aromatic rings. The van der Waals surface area contributed by atoms with Crippen LogP contribution in [-0.2, 0) is 0 Å². The number of hydrazine groups is 1. The number of hydrogen-bond donors (Lipinski definition) is 0. The first kappa shape index (κ1) is 19.2. The first-order valence-corrected chi connectivity index (χ1v) is 10.5. The van der Waals surface area contributed by atoms with Gasteiger partial charge in [0.25, 0.3) is 0 Å². The molecule has 0 unspecified atom stereocenters. The van der Waals surface area contributed by atoms with Gasteiger partial charge >= 0.3 is 0 Å². The lowest BCUT2D eigenvalue weighted by Gasteiger charge is -2.46. The number of nitrogens with zero attached hydrogens (tertiary/aromatic N) is 2. The van der Waals surface area contributed by atoms with Gasteiger partial charge in [-0.25, -0.2) is 10.0 Å². The van der Waals surface area contributed by atoms with Crippen molar-refractivity contribution < 1.29 is 0 Å². The summed E-state index contributed by atoms with van der Waals surface area (Å²) in [5.41, 5.74) is 1.37. The summed E-state index contributed by atoms with van der Waals surface area (Å²) >= 11 is 0. The molecule has 2 nitrogen and oxygen atoms in total. The predicted octanol–water partition coefficient (Wildman–Crippen LogP) is 5.88. The summed E-state index contributed by atoms with van der Waals surface area (Å²) in [6.45, 7) is 7.29. The minimum Gasteiger partial charge on any atom is -0.248 e. The smallest absolute Gasteiger partial charge is 0.0190 e. The third-order valence-corrected chi connectivity index (χ3v) is 6.98. The molecule has 1 spiro atoms. The second kappa shape index (κ2) is 8.85. The lowest BCUT2D eigenvalue weighted by atomic mass is 9.60. The average Bonchev–Trinajstić information content (AvgIpc) is 2.96. The van der Waals surface area contributed by atoms with Gasteiger partial charge in [-0.3, -0.25) is 0 Å². The largest absolute Gasteiger partial charge is 0.248 e. The molecule has 2 fully saturated rings. The molecule has 1 aliphatic carbocycles. The molecule has 0 N–H and O–H groups in total. The van der Waals surface area contributed by atoms with Crippen molar-refractivity contribution in [2.75, 3.05) is 27.2 Å². The van der Waals surface area contributed by atoms with Crippen LogP contribution < -0.4 is 0 Å². The Morgan fingerprint density at radius 3 is 1.78 bits per heavy atom. The predicted molar refractivity (Wildman–Crippen MR) is 101 cm³/mol. The molecule has 0 radical (unpaired) electrons. The van der Waals surface area contributed by atoms with Crippen LogP contribution in [-0.4, -0.2) is 37.2 Å². The van der Waals surface area contributed by atoms with E-state index >= 15 is 0 Å². The summed E-state index contributed by atoms with van der Waals surface area (Å²) in [7, 11) is 4.42. The maximum Gasteiger partial charge on any atom is 0.0190 e. The first-order chi connectivity index (χ1) is 11.0. The van der Waals surface area contributed by atoms with Crippen molar-refractivity contribution in [3.05, 3.63) is 0 Å². The van der Waals surface area contributed by atoms with Gasteiger partial charge in [-0.2, -0.15) is 0 Å². The Kier molecular flexibility index (Phi) is 7.41. The third kappa shape index (κ3) is 5.19. The second-order valence-corrected chi connectivity index (χ2v) is 8.90. The van der Waals surface area contributed by atoms with E-state index < -0.39 is 0 Å². The topological polar surface area (TPSA) is 6.48 Å². The molecular formula is C21H42N2. The van der Waals surface area contributed by atoms with E-state index in [9.17, 15) is 0 Å². The number of unbranched alkanes of at least 4 members (excludes halogenated alkanes) is 4. The zero-order chi connectivity index (χ0) is 16.8. The van der Waals surface area contributed by atoms with E-state index in [-0.39, 0.29) is 0 Å². The zero-order valence-corrected chi connectivity index (χ0v) is 16.5. The normalized spacial score (nSPS) is 23.9. The monoisotopic (exact) mass is 322 g/mol. The molecule has 1 aliphatic heterocycles. The van der Waals surface area contributed by atoms with Crippen molar-refractivity contribution >= 4 is 0 Å². The maximum absolute atomic E-state index is 2.57. The summed E-state index contributed by atoms with van der Waals surface area (Å²) in [5, 5.41) is 4.89. The van der Waals surface area contributed by atoms with Gasteiger partial charge in [0, 0.05) is 27.2 Å². The Bertz CT molecular complexity index is 317. The molecule has 2 heteroatoms. The summed E-state index contributed by atoms with van der Waals surface area (Å²) in [6, 6.07) is 0. The summed E-state index contributed by atoms with van der Waals surface area (Å²) in [4.78, 5) is 0. The van der Waals surface area contributed by atoms with E-state index in [4.69, 9.17) is 0 Å². The van der Waals surface area contributed by atoms with Crippen LogP contribution in [0.5, 0.6) is 0 Å². The fraction of sp³-hybridized carbons (Fsp3) is 1.00. The third-order valence-electron chi connectivity index (χ3n) is 6.98. The van der Waals surface area contributed by atoms with Crippen LogP contribution in [0.1, 0.15) is 97.3 Å². The highest BCUT2D eigenvalue weighted by atomic mass is 15.6. The summed E-state index contributed by atoms with van der Waals surface area (Å²) in [6.07, 6.45) is 19.0. The highest BCUT2D eigenvalue weighted by Crippen LogP contribution is 2.53. The minimum absolute atomic E-state index is 0.656. The Morgan fingerprint density at radius 2 is 1.35 bits per heavy atom. The Hall–Kier alpha value is -0.0800. The molecule has 0 aromatic heterocycles. The van der Waals surface area contributed by atoms with E-state index in [1.807, 2.05) is 0 Å². The van der Waals surface area contributed by atoms with Crippen molar-refractivity contribution in [2.45, 2.75) is 97.3 Å². The highest BCUT2D eigenvalue weighted by Gasteiger charge is 2.45. The van der Waals surface area contributed by atoms with Crippen LogP contribution >= 0.6 is 0 Å². The lowest BCUT2D eigenvalue weighted by Crippen LogP contribution is -2.40. The molecule has 0 bridgehead atoms. The first-order valence-electron chi connectivity index (χ1n) is 10.5. The van der Waals surface area contributed by atoms with E-state index in [0.29, 0.717) is 10.8 Å². The van der Waals surface area contributed by atoms with Gasteiger partial charge in [0.2, 0.25) is 0 Å².